The van der Waals surface area contributed by atoms with Crippen LogP contribution in [0.25, 0.3) is 33.4 Å². The Morgan fingerprint density at radius 1 is 1.09 bits per heavy atom. The molecule has 0 aliphatic carbocycles. The number of anilines is 1. The Labute approximate surface area is 198 Å². The molecule has 0 unspecified atom stereocenters. The van der Waals surface area contributed by atoms with Gasteiger partial charge in [-0.25, -0.2) is 9.97 Å². The number of aromatic amines is 1. The van der Waals surface area contributed by atoms with Crippen molar-refractivity contribution < 1.29 is 9.53 Å². The monoisotopic (exact) mass is 459 g/mol. The van der Waals surface area contributed by atoms with Crippen molar-refractivity contribution in [2.45, 2.75) is 6.92 Å². The number of ether oxygens (including phenoxy) is 1. The van der Waals surface area contributed by atoms with Crippen LogP contribution < -0.4 is 10.5 Å². The normalized spacial score (nSPS) is 11.2. The molecule has 3 aromatic heterocycles. The van der Waals surface area contributed by atoms with Crippen LogP contribution in [-0.2, 0) is 0 Å². The SMILES string of the molecule is CCN(CCN(C)C)C(=O)c1cc(-c2cnc3n[nH]c(-c4ccccc4OC)c3c2)cnc1N. The van der Waals surface area contributed by atoms with Crippen LogP contribution in [0.5, 0.6) is 5.75 Å². The summed E-state index contributed by atoms with van der Waals surface area (Å²) in [7, 11) is 5.60. The zero-order valence-electron chi connectivity index (χ0n) is 19.9. The summed E-state index contributed by atoms with van der Waals surface area (Å²) in [4.78, 5) is 25.9. The summed E-state index contributed by atoms with van der Waals surface area (Å²) < 4.78 is 5.52. The summed E-state index contributed by atoms with van der Waals surface area (Å²) in [6, 6.07) is 11.5. The van der Waals surface area contributed by atoms with Crippen molar-refractivity contribution in [3.05, 3.63) is 54.4 Å². The number of methoxy groups -OCH3 is 1. The second kappa shape index (κ2) is 9.88. The minimum Gasteiger partial charge on any atom is -0.496 e. The van der Waals surface area contributed by atoms with Crippen molar-refractivity contribution in [1.82, 2.24) is 30.0 Å². The minimum absolute atomic E-state index is 0.136. The molecule has 4 rings (SSSR count). The Morgan fingerprint density at radius 2 is 1.82 bits per heavy atom. The van der Waals surface area contributed by atoms with E-state index >= 15 is 0 Å². The molecule has 176 valence electrons. The summed E-state index contributed by atoms with van der Waals surface area (Å²) in [5.41, 5.74) is 10.3. The Hall–Kier alpha value is -3.98. The lowest BCUT2D eigenvalue weighted by atomic mass is 10.0. The summed E-state index contributed by atoms with van der Waals surface area (Å²) in [5.74, 6) is 0.810. The number of carbonyl (C=O) groups excluding carboxylic acids is 1. The van der Waals surface area contributed by atoms with E-state index in [2.05, 4.69) is 20.2 Å². The number of carbonyl (C=O) groups is 1. The third-order valence-corrected chi connectivity index (χ3v) is 5.75. The predicted molar refractivity (Wildman–Crippen MR) is 134 cm³/mol. The van der Waals surface area contributed by atoms with Gasteiger partial charge in [-0.1, -0.05) is 12.1 Å². The van der Waals surface area contributed by atoms with Gasteiger partial charge in [-0.15, -0.1) is 0 Å². The first kappa shape index (κ1) is 23.2. The van der Waals surface area contributed by atoms with Gasteiger partial charge in [-0.3, -0.25) is 9.89 Å². The second-order valence-corrected chi connectivity index (χ2v) is 8.24. The molecule has 0 saturated carbocycles. The largest absolute Gasteiger partial charge is 0.496 e. The molecule has 0 saturated heterocycles. The highest BCUT2D eigenvalue weighted by molar-refractivity contribution is 6.00. The maximum Gasteiger partial charge on any atom is 0.257 e. The number of amides is 1. The van der Waals surface area contributed by atoms with Crippen molar-refractivity contribution in [3.8, 4) is 28.1 Å². The number of hydrogen-bond donors (Lipinski definition) is 2. The van der Waals surface area contributed by atoms with E-state index in [9.17, 15) is 4.79 Å². The third kappa shape index (κ3) is 4.55. The summed E-state index contributed by atoms with van der Waals surface area (Å²) in [6.07, 6.45) is 3.38. The van der Waals surface area contributed by atoms with Gasteiger partial charge in [0, 0.05) is 54.1 Å². The average molecular weight is 460 g/mol. The second-order valence-electron chi connectivity index (χ2n) is 8.24. The van der Waals surface area contributed by atoms with Crippen LogP contribution in [-0.4, -0.2) is 76.7 Å². The number of hydrogen-bond acceptors (Lipinski definition) is 7. The van der Waals surface area contributed by atoms with Crippen LogP contribution >= 0.6 is 0 Å². The molecule has 0 bridgehead atoms. The van der Waals surface area contributed by atoms with Crippen molar-refractivity contribution >= 4 is 22.8 Å². The fourth-order valence-corrected chi connectivity index (χ4v) is 3.81. The van der Waals surface area contributed by atoms with Crippen molar-refractivity contribution in [2.75, 3.05) is 46.6 Å². The molecule has 9 nitrogen and oxygen atoms in total. The van der Waals surface area contributed by atoms with E-state index in [4.69, 9.17) is 10.5 Å². The molecule has 1 aromatic carbocycles. The lowest BCUT2D eigenvalue weighted by Crippen LogP contribution is -2.37. The number of aromatic nitrogens is 4. The molecule has 0 spiro atoms. The zero-order chi connectivity index (χ0) is 24.2. The topological polar surface area (TPSA) is 113 Å². The van der Waals surface area contributed by atoms with Gasteiger partial charge in [0.25, 0.3) is 5.91 Å². The number of nitrogen functional groups attached to an aromatic ring is 1. The standard InChI is InChI=1S/C25H29N7O2/c1-5-32(11-10-31(2)3)25(33)20-13-17(14-27-23(20)26)16-12-19-22(29-30-24(19)28-15-16)18-8-6-7-9-21(18)34-4/h6-9,12-15H,5,10-11H2,1-4H3,(H2,26,27)(H,28,29,30). The molecule has 0 atom stereocenters. The highest BCUT2D eigenvalue weighted by Gasteiger charge is 2.20. The van der Waals surface area contributed by atoms with E-state index in [1.165, 1.54) is 0 Å². The van der Waals surface area contributed by atoms with Gasteiger partial charge in [0.05, 0.1) is 18.4 Å². The number of nitrogens with one attached hydrogen (secondary N) is 1. The van der Waals surface area contributed by atoms with Crippen LogP contribution in [0.3, 0.4) is 0 Å². The first-order chi connectivity index (χ1) is 16.4. The number of rotatable bonds is 8. The molecule has 0 aliphatic heterocycles. The van der Waals surface area contributed by atoms with Crippen molar-refractivity contribution in [1.29, 1.82) is 0 Å². The molecule has 1 amide bonds. The van der Waals surface area contributed by atoms with E-state index in [1.807, 2.05) is 56.3 Å². The van der Waals surface area contributed by atoms with Crippen LogP contribution in [0.15, 0.2) is 48.8 Å². The molecule has 4 aromatic rings. The van der Waals surface area contributed by atoms with Gasteiger partial charge < -0.3 is 20.3 Å². The number of pyridine rings is 2. The molecule has 3 heterocycles. The molecule has 0 aliphatic rings. The smallest absolute Gasteiger partial charge is 0.257 e. The number of nitrogens with two attached hydrogens (primary N) is 1. The Bertz CT molecular complexity index is 1320. The van der Waals surface area contributed by atoms with Gasteiger partial charge >= 0.3 is 0 Å². The molecule has 34 heavy (non-hydrogen) atoms. The fourth-order valence-electron chi connectivity index (χ4n) is 3.81. The highest BCUT2D eigenvalue weighted by atomic mass is 16.5. The molecule has 0 fully saturated rings. The van der Waals surface area contributed by atoms with E-state index in [1.54, 1.807) is 30.5 Å². The molecular formula is C25H29N7O2. The van der Waals surface area contributed by atoms with E-state index in [0.717, 1.165) is 40.1 Å². The number of likely N-dealkylation sites (N-methyl/N-ethyl adjacent to an activating group) is 2. The number of benzene rings is 1. The van der Waals surface area contributed by atoms with Gasteiger partial charge in [0.1, 0.15) is 11.6 Å². The molecule has 9 heteroatoms. The van der Waals surface area contributed by atoms with Gasteiger partial charge in [0.15, 0.2) is 5.65 Å². The van der Waals surface area contributed by atoms with Gasteiger partial charge in [-0.05, 0) is 45.3 Å². The van der Waals surface area contributed by atoms with Crippen molar-refractivity contribution in [2.24, 2.45) is 0 Å². The quantitative estimate of drug-likeness (QED) is 0.416. The summed E-state index contributed by atoms with van der Waals surface area (Å²) >= 11 is 0. The minimum atomic E-state index is -0.136. The maximum atomic E-state index is 13.2. The fraction of sp³-hybridized carbons (Fsp3) is 0.280. The third-order valence-electron chi connectivity index (χ3n) is 5.75. The molecule has 0 radical (unpaired) electrons. The summed E-state index contributed by atoms with van der Waals surface area (Å²) in [5, 5.41) is 8.26. The Kier molecular flexibility index (Phi) is 6.74. The van der Waals surface area contributed by atoms with Crippen LogP contribution in [0.2, 0.25) is 0 Å². The maximum absolute atomic E-state index is 13.2. The van der Waals surface area contributed by atoms with Gasteiger partial charge in [0.2, 0.25) is 0 Å². The lowest BCUT2D eigenvalue weighted by molar-refractivity contribution is 0.0755. The number of fused-ring (bicyclic) bond motifs is 1. The number of H-pyrrole nitrogens is 1. The molecule has 3 N–H and O–H groups in total. The van der Waals surface area contributed by atoms with E-state index in [-0.39, 0.29) is 11.7 Å². The van der Waals surface area contributed by atoms with Crippen molar-refractivity contribution in [3.63, 3.8) is 0 Å². The van der Waals surface area contributed by atoms with Crippen LogP contribution in [0, 0.1) is 0 Å². The molecular weight excluding hydrogens is 430 g/mol. The Balaban J connectivity index is 1.73. The average Bonchev–Trinajstić information content (AvgIpc) is 3.27. The summed E-state index contributed by atoms with van der Waals surface area (Å²) in [6.45, 7) is 3.91. The van der Waals surface area contributed by atoms with Crippen LogP contribution in [0.1, 0.15) is 17.3 Å². The highest BCUT2D eigenvalue weighted by Crippen LogP contribution is 2.34. The first-order valence-corrected chi connectivity index (χ1v) is 11.1. The predicted octanol–water partition coefficient (Wildman–Crippen LogP) is 3.30. The first-order valence-electron chi connectivity index (χ1n) is 11.1. The Morgan fingerprint density at radius 3 is 2.56 bits per heavy atom. The van der Waals surface area contributed by atoms with Gasteiger partial charge in [-0.2, -0.15) is 5.10 Å². The van der Waals surface area contributed by atoms with Crippen LogP contribution in [0.4, 0.5) is 5.82 Å². The lowest BCUT2D eigenvalue weighted by Gasteiger charge is -2.23. The van der Waals surface area contributed by atoms with E-state index in [0.29, 0.717) is 24.3 Å². The zero-order valence-corrected chi connectivity index (χ0v) is 19.9. The van der Waals surface area contributed by atoms with E-state index < -0.39 is 0 Å². The number of nitrogens with zero attached hydrogens (tertiary/aromatic N) is 5. The number of para-hydroxylation sites is 1.